The van der Waals surface area contributed by atoms with Gasteiger partial charge < -0.3 is 4.90 Å². The summed E-state index contributed by atoms with van der Waals surface area (Å²) in [5.41, 5.74) is 2.44. The summed E-state index contributed by atoms with van der Waals surface area (Å²) in [7, 11) is 0. The van der Waals surface area contributed by atoms with Gasteiger partial charge in [0.05, 0.1) is 0 Å². The Morgan fingerprint density at radius 2 is 2.00 bits per heavy atom. The first-order valence-corrected chi connectivity index (χ1v) is 6.92. The lowest BCUT2D eigenvalue weighted by molar-refractivity contribution is 0.0982. The van der Waals surface area contributed by atoms with Crippen molar-refractivity contribution in [2.75, 3.05) is 11.4 Å². The van der Waals surface area contributed by atoms with E-state index in [1.165, 1.54) is 0 Å². The Morgan fingerprint density at radius 1 is 1.26 bits per heavy atom. The first kappa shape index (κ1) is 13.7. The van der Waals surface area contributed by atoms with E-state index in [1.54, 1.807) is 17.2 Å². The number of hydrogen-bond acceptors (Lipinski definition) is 2. The zero-order valence-corrected chi connectivity index (χ0v) is 12.5. The molecule has 98 valence electrons. The molecule has 0 aliphatic carbocycles. The molecule has 2 aromatic rings. The van der Waals surface area contributed by atoms with Crippen LogP contribution in [0.25, 0.3) is 0 Å². The number of nitrogens with zero attached hydrogens (tertiary/aromatic N) is 2. The summed E-state index contributed by atoms with van der Waals surface area (Å²) >= 11 is 3.38. The smallest absolute Gasteiger partial charge is 0.278 e. The van der Waals surface area contributed by atoms with Gasteiger partial charge in [-0.25, -0.2) is 4.98 Å². The number of carbonyl (C=O) groups is 1. The molecule has 3 nitrogen and oxygen atoms in total. The van der Waals surface area contributed by atoms with E-state index in [-0.39, 0.29) is 5.91 Å². The molecular weight excluding hydrogens is 304 g/mol. The number of rotatable bonds is 3. The van der Waals surface area contributed by atoms with Crippen LogP contribution in [0.1, 0.15) is 23.0 Å². The number of anilines is 1. The monoisotopic (exact) mass is 318 g/mol. The summed E-state index contributed by atoms with van der Waals surface area (Å²) in [5.74, 6) is -0.0933. The summed E-state index contributed by atoms with van der Waals surface area (Å²) < 4.78 is 0.715. The standard InChI is InChI=1S/C15H15BrN2O/c1-3-18(13-9-5-4-7-11(13)2)15(19)14-12(16)8-6-10-17-14/h4-10H,3H2,1-2H3. The van der Waals surface area contributed by atoms with Crippen molar-refractivity contribution in [1.82, 2.24) is 4.98 Å². The molecule has 0 aliphatic rings. The minimum atomic E-state index is -0.0933. The Hall–Kier alpha value is -1.68. The van der Waals surface area contributed by atoms with Crippen LogP contribution in [0.5, 0.6) is 0 Å². The number of benzene rings is 1. The number of carbonyl (C=O) groups excluding carboxylic acids is 1. The predicted octanol–water partition coefficient (Wildman–Crippen LogP) is 3.82. The number of aryl methyl sites for hydroxylation is 1. The minimum absolute atomic E-state index is 0.0933. The number of hydrogen-bond donors (Lipinski definition) is 0. The van der Waals surface area contributed by atoms with E-state index < -0.39 is 0 Å². The molecule has 0 unspecified atom stereocenters. The third-order valence-electron chi connectivity index (χ3n) is 2.93. The van der Waals surface area contributed by atoms with Crippen LogP contribution in [0.3, 0.4) is 0 Å². The van der Waals surface area contributed by atoms with E-state index in [4.69, 9.17) is 0 Å². The highest BCUT2D eigenvalue weighted by molar-refractivity contribution is 9.10. The van der Waals surface area contributed by atoms with Gasteiger partial charge in [-0.2, -0.15) is 0 Å². The first-order valence-electron chi connectivity index (χ1n) is 6.13. The summed E-state index contributed by atoms with van der Waals surface area (Å²) in [6.07, 6.45) is 1.63. The Kier molecular flexibility index (Phi) is 4.32. The molecule has 1 aromatic carbocycles. The molecule has 4 heteroatoms. The van der Waals surface area contributed by atoms with Crippen molar-refractivity contribution in [1.29, 1.82) is 0 Å². The maximum Gasteiger partial charge on any atom is 0.278 e. The van der Waals surface area contributed by atoms with Crippen molar-refractivity contribution in [3.05, 3.63) is 58.3 Å². The molecule has 0 bridgehead atoms. The number of halogens is 1. The molecule has 1 aromatic heterocycles. The zero-order valence-electron chi connectivity index (χ0n) is 10.9. The van der Waals surface area contributed by atoms with Crippen molar-refractivity contribution in [3.63, 3.8) is 0 Å². The largest absolute Gasteiger partial charge is 0.307 e. The molecule has 0 spiro atoms. The SMILES string of the molecule is CCN(C(=O)c1ncccc1Br)c1ccccc1C. The lowest BCUT2D eigenvalue weighted by atomic mass is 10.1. The van der Waals surface area contributed by atoms with E-state index >= 15 is 0 Å². The molecule has 0 radical (unpaired) electrons. The quantitative estimate of drug-likeness (QED) is 0.862. The fourth-order valence-corrected chi connectivity index (χ4v) is 2.39. The van der Waals surface area contributed by atoms with E-state index in [9.17, 15) is 4.79 Å². The average molecular weight is 319 g/mol. The van der Waals surface area contributed by atoms with Gasteiger partial charge >= 0.3 is 0 Å². The molecule has 0 N–H and O–H groups in total. The third-order valence-corrected chi connectivity index (χ3v) is 3.57. The van der Waals surface area contributed by atoms with Gasteiger partial charge in [-0.3, -0.25) is 4.79 Å². The highest BCUT2D eigenvalue weighted by Gasteiger charge is 2.20. The maximum absolute atomic E-state index is 12.6. The molecule has 19 heavy (non-hydrogen) atoms. The summed E-state index contributed by atoms with van der Waals surface area (Å²) in [5, 5.41) is 0. The Morgan fingerprint density at radius 3 is 2.63 bits per heavy atom. The van der Waals surface area contributed by atoms with E-state index in [2.05, 4.69) is 20.9 Å². The lowest BCUT2D eigenvalue weighted by Crippen LogP contribution is -2.32. The zero-order chi connectivity index (χ0) is 13.8. The number of aromatic nitrogens is 1. The van der Waals surface area contributed by atoms with Crippen molar-refractivity contribution in [2.24, 2.45) is 0 Å². The minimum Gasteiger partial charge on any atom is -0.307 e. The molecule has 0 aliphatic heterocycles. The second-order valence-corrected chi connectivity index (χ2v) is 5.02. The van der Waals surface area contributed by atoms with Gasteiger partial charge in [0.2, 0.25) is 0 Å². The van der Waals surface area contributed by atoms with Gasteiger partial charge in [-0.1, -0.05) is 18.2 Å². The summed E-state index contributed by atoms with van der Waals surface area (Å²) in [6.45, 7) is 4.56. The maximum atomic E-state index is 12.6. The number of para-hydroxylation sites is 1. The predicted molar refractivity (Wildman–Crippen MR) is 80.5 cm³/mol. The number of amides is 1. The Bertz CT molecular complexity index is 598. The van der Waals surface area contributed by atoms with Gasteiger partial charge in [-0.15, -0.1) is 0 Å². The van der Waals surface area contributed by atoms with Crippen LogP contribution in [-0.4, -0.2) is 17.4 Å². The van der Waals surface area contributed by atoms with Crippen molar-refractivity contribution in [2.45, 2.75) is 13.8 Å². The van der Waals surface area contributed by atoms with Crippen LogP contribution in [0.15, 0.2) is 47.1 Å². The molecule has 1 heterocycles. The van der Waals surface area contributed by atoms with Gasteiger partial charge in [0.15, 0.2) is 0 Å². The van der Waals surface area contributed by atoms with Crippen molar-refractivity contribution in [3.8, 4) is 0 Å². The number of pyridine rings is 1. The molecule has 1 amide bonds. The average Bonchev–Trinajstić information content (AvgIpc) is 2.42. The highest BCUT2D eigenvalue weighted by Crippen LogP contribution is 2.23. The topological polar surface area (TPSA) is 33.2 Å². The van der Waals surface area contributed by atoms with E-state index in [1.807, 2.05) is 44.2 Å². The van der Waals surface area contributed by atoms with Crippen molar-refractivity contribution >= 4 is 27.5 Å². The van der Waals surface area contributed by atoms with E-state index in [0.29, 0.717) is 16.7 Å². The Labute approximate surface area is 121 Å². The molecule has 0 fully saturated rings. The van der Waals surface area contributed by atoms with Crippen LogP contribution in [-0.2, 0) is 0 Å². The van der Waals surface area contributed by atoms with Crippen LogP contribution < -0.4 is 4.90 Å². The van der Waals surface area contributed by atoms with Gasteiger partial charge in [0, 0.05) is 22.9 Å². The Balaban J connectivity index is 2.41. The van der Waals surface area contributed by atoms with Crippen LogP contribution in [0, 0.1) is 6.92 Å². The highest BCUT2D eigenvalue weighted by atomic mass is 79.9. The molecular formula is C15H15BrN2O. The van der Waals surface area contributed by atoms with Gasteiger partial charge in [-0.05, 0) is 53.5 Å². The van der Waals surface area contributed by atoms with Crippen LogP contribution >= 0.6 is 15.9 Å². The molecule has 0 saturated heterocycles. The molecule has 0 saturated carbocycles. The molecule has 2 rings (SSSR count). The van der Waals surface area contributed by atoms with Crippen molar-refractivity contribution < 1.29 is 4.79 Å². The summed E-state index contributed by atoms with van der Waals surface area (Å²) in [4.78, 5) is 18.5. The van der Waals surface area contributed by atoms with Crippen LogP contribution in [0.2, 0.25) is 0 Å². The second kappa shape index (κ2) is 5.97. The van der Waals surface area contributed by atoms with E-state index in [0.717, 1.165) is 11.3 Å². The lowest BCUT2D eigenvalue weighted by Gasteiger charge is -2.22. The summed E-state index contributed by atoms with van der Waals surface area (Å²) in [6, 6.07) is 11.5. The van der Waals surface area contributed by atoms with Gasteiger partial charge in [0.1, 0.15) is 5.69 Å². The third kappa shape index (κ3) is 2.84. The first-order chi connectivity index (χ1) is 9.15. The molecule has 0 atom stereocenters. The normalized spacial score (nSPS) is 10.3. The second-order valence-electron chi connectivity index (χ2n) is 4.17. The fourth-order valence-electron chi connectivity index (χ4n) is 1.96. The van der Waals surface area contributed by atoms with Crippen LogP contribution in [0.4, 0.5) is 5.69 Å². The fraction of sp³-hybridized carbons (Fsp3) is 0.200. The van der Waals surface area contributed by atoms with Gasteiger partial charge in [0.25, 0.3) is 5.91 Å².